The van der Waals surface area contributed by atoms with Crippen LogP contribution < -0.4 is 15.8 Å². The second kappa shape index (κ2) is 7.77. The van der Waals surface area contributed by atoms with Crippen molar-refractivity contribution in [1.29, 1.82) is 0 Å². The summed E-state index contributed by atoms with van der Waals surface area (Å²) in [6.45, 7) is 3.25. The molecule has 0 aliphatic rings. The first-order valence-electron chi connectivity index (χ1n) is 6.88. The third-order valence-electron chi connectivity index (χ3n) is 2.75. The fraction of sp³-hybridized carbons (Fsp3) is 0.357. The van der Waals surface area contributed by atoms with Crippen LogP contribution in [0, 0.1) is 5.92 Å². The predicted molar refractivity (Wildman–Crippen MR) is 86.7 cm³/mol. The zero-order chi connectivity index (χ0) is 18.5. The average molecular weight is 357 g/mol. The Bertz CT molecular complexity index is 745. The number of ether oxygens (including phenoxy) is 1. The third-order valence-corrected chi connectivity index (χ3v) is 3.35. The molecule has 24 heavy (non-hydrogen) atoms. The van der Waals surface area contributed by atoms with Gasteiger partial charge in [-0.25, -0.2) is 18.0 Å². The molecule has 0 saturated carbocycles. The van der Waals surface area contributed by atoms with Gasteiger partial charge in [-0.3, -0.25) is 14.8 Å². The van der Waals surface area contributed by atoms with E-state index >= 15 is 0 Å². The Morgan fingerprint density at radius 1 is 1.21 bits per heavy atom. The Hall–Kier alpha value is -2.62. The van der Waals surface area contributed by atoms with Gasteiger partial charge in [-0.2, -0.15) is 0 Å². The number of amides is 3. The first kappa shape index (κ1) is 19.4. The number of carbonyl (C=O) groups is 3. The molecular weight excluding hydrogens is 338 g/mol. The quantitative estimate of drug-likeness (QED) is 0.630. The standard InChI is InChI=1S/C14H19N3O6S/c1-8(2)11(12(18)16-14(15)20)23-13(19)9-5-4-6-10(7-9)17-24(3,21)22/h4-8,11,17H,1-3H3,(H3,15,16,18,20)/t11-/m1/s1. The number of sulfonamides is 1. The van der Waals surface area contributed by atoms with Gasteiger partial charge in [0.25, 0.3) is 5.91 Å². The van der Waals surface area contributed by atoms with Crippen molar-refractivity contribution in [2.24, 2.45) is 11.7 Å². The Labute approximate surface area is 139 Å². The molecule has 0 spiro atoms. The van der Waals surface area contributed by atoms with E-state index in [9.17, 15) is 22.8 Å². The number of benzene rings is 1. The van der Waals surface area contributed by atoms with Gasteiger partial charge in [-0.05, 0) is 24.1 Å². The minimum Gasteiger partial charge on any atom is -0.448 e. The summed E-state index contributed by atoms with van der Waals surface area (Å²) in [6, 6.07) is 4.53. The number of nitrogens with one attached hydrogen (secondary N) is 2. The van der Waals surface area contributed by atoms with Gasteiger partial charge in [0.1, 0.15) is 0 Å². The van der Waals surface area contributed by atoms with Gasteiger partial charge >= 0.3 is 12.0 Å². The van der Waals surface area contributed by atoms with Crippen molar-refractivity contribution < 1.29 is 27.5 Å². The third kappa shape index (κ3) is 6.24. The Morgan fingerprint density at radius 2 is 1.83 bits per heavy atom. The van der Waals surface area contributed by atoms with Crippen LogP contribution in [-0.4, -0.2) is 38.7 Å². The Morgan fingerprint density at radius 3 is 2.33 bits per heavy atom. The van der Waals surface area contributed by atoms with Gasteiger partial charge in [0.05, 0.1) is 11.8 Å². The lowest BCUT2D eigenvalue weighted by Gasteiger charge is -2.20. The molecule has 0 unspecified atom stereocenters. The van der Waals surface area contributed by atoms with Crippen LogP contribution in [0.15, 0.2) is 24.3 Å². The van der Waals surface area contributed by atoms with Crippen LogP contribution in [0.4, 0.5) is 10.5 Å². The Balaban J connectivity index is 2.94. The van der Waals surface area contributed by atoms with Gasteiger partial charge < -0.3 is 10.5 Å². The molecule has 4 N–H and O–H groups in total. The van der Waals surface area contributed by atoms with E-state index in [1.54, 1.807) is 13.8 Å². The summed E-state index contributed by atoms with van der Waals surface area (Å²) in [5, 5.41) is 1.85. The van der Waals surface area contributed by atoms with E-state index in [1.165, 1.54) is 24.3 Å². The van der Waals surface area contributed by atoms with Crippen LogP contribution in [0.1, 0.15) is 24.2 Å². The lowest BCUT2D eigenvalue weighted by atomic mass is 10.1. The minimum atomic E-state index is -3.50. The number of imide groups is 1. The molecular formula is C14H19N3O6S. The van der Waals surface area contributed by atoms with Crippen LogP contribution in [0.2, 0.25) is 0 Å². The average Bonchev–Trinajstić information content (AvgIpc) is 2.41. The number of esters is 1. The predicted octanol–water partition coefficient (Wildman–Crippen LogP) is 0.434. The maximum absolute atomic E-state index is 12.2. The number of rotatable bonds is 6. The van der Waals surface area contributed by atoms with E-state index in [-0.39, 0.29) is 11.3 Å². The molecule has 1 aromatic carbocycles. The molecule has 0 aromatic heterocycles. The fourth-order valence-corrected chi connectivity index (χ4v) is 2.35. The minimum absolute atomic E-state index is 0.0428. The summed E-state index contributed by atoms with van der Waals surface area (Å²) in [5.74, 6) is -2.09. The molecule has 132 valence electrons. The zero-order valence-electron chi connectivity index (χ0n) is 13.4. The molecule has 9 nitrogen and oxygen atoms in total. The molecule has 0 aliphatic heterocycles. The van der Waals surface area contributed by atoms with Crippen LogP contribution in [0.25, 0.3) is 0 Å². The van der Waals surface area contributed by atoms with Crippen LogP contribution >= 0.6 is 0 Å². The van der Waals surface area contributed by atoms with E-state index < -0.39 is 40.0 Å². The molecule has 0 heterocycles. The van der Waals surface area contributed by atoms with E-state index in [0.29, 0.717) is 0 Å². The molecule has 1 atom stereocenters. The normalized spacial score (nSPS) is 12.3. The molecule has 3 amide bonds. The van der Waals surface area contributed by atoms with E-state index in [0.717, 1.165) is 6.26 Å². The number of primary amides is 1. The lowest BCUT2D eigenvalue weighted by molar-refractivity contribution is -0.130. The molecule has 0 fully saturated rings. The highest BCUT2D eigenvalue weighted by molar-refractivity contribution is 7.92. The maximum Gasteiger partial charge on any atom is 0.338 e. The largest absolute Gasteiger partial charge is 0.448 e. The molecule has 1 rings (SSSR count). The van der Waals surface area contributed by atoms with Crippen molar-refractivity contribution in [2.75, 3.05) is 11.0 Å². The van der Waals surface area contributed by atoms with Crippen molar-refractivity contribution in [3.8, 4) is 0 Å². The highest BCUT2D eigenvalue weighted by Crippen LogP contribution is 2.15. The maximum atomic E-state index is 12.2. The van der Waals surface area contributed by atoms with Gasteiger partial charge in [0.2, 0.25) is 10.0 Å². The Kier molecular flexibility index (Phi) is 6.29. The summed E-state index contributed by atoms with van der Waals surface area (Å²) in [6.07, 6.45) is -0.252. The van der Waals surface area contributed by atoms with Gasteiger partial charge in [-0.1, -0.05) is 19.9 Å². The molecule has 1 aromatic rings. The van der Waals surface area contributed by atoms with E-state index in [2.05, 4.69) is 4.72 Å². The highest BCUT2D eigenvalue weighted by atomic mass is 32.2. The molecule has 0 aliphatic carbocycles. The van der Waals surface area contributed by atoms with Crippen molar-refractivity contribution in [3.05, 3.63) is 29.8 Å². The molecule has 0 bridgehead atoms. The van der Waals surface area contributed by atoms with E-state index in [4.69, 9.17) is 10.5 Å². The van der Waals surface area contributed by atoms with Crippen LogP contribution in [0.5, 0.6) is 0 Å². The second-order valence-electron chi connectivity index (χ2n) is 5.38. The number of hydrogen-bond donors (Lipinski definition) is 3. The summed E-state index contributed by atoms with van der Waals surface area (Å²) in [7, 11) is -3.50. The topological polar surface area (TPSA) is 145 Å². The lowest BCUT2D eigenvalue weighted by Crippen LogP contribution is -2.45. The molecule has 10 heteroatoms. The summed E-state index contributed by atoms with van der Waals surface area (Å²) in [5.41, 5.74) is 5.09. The number of carbonyl (C=O) groups excluding carboxylic acids is 3. The number of nitrogens with two attached hydrogens (primary N) is 1. The monoisotopic (exact) mass is 357 g/mol. The van der Waals surface area contributed by atoms with Gasteiger partial charge in [-0.15, -0.1) is 0 Å². The van der Waals surface area contributed by atoms with E-state index in [1.807, 2.05) is 5.32 Å². The number of anilines is 1. The van der Waals surface area contributed by atoms with Gasteiger partial charge in [0, 0.05) is 5.69 Å². The van der Waals surface area contributed by atoms with Crippen LogP contribution in [0.3, 0.4) is 0 Å². The fourth-order valence-electron chi connectivity index (χ4n) is 1.79. The summed E-state index contributed by atoms with van der Waals surface area (Å²) < 4.78 is 29.8. The van der Waals surface area contributed by atoms with Crippen LogP contribution in [-0.2, 0) is 19.6 Å². The SMILES string of the molecule is CC(C)[C@@H](OC(=O)c1cccc(NS(C)(=O)=O)c1)C(=O)NC(N)=O. The summed E-state index contributed by atoms with van der Waals surface area (Å²) in [4.78, 5) is 34.8. The van der Waals surface area contributed by atoms with Crippen molar-refractivity contribution in [3.63, 3.8) is 0 Å². The van der Waals surface area contributed by atoms with Crippen molar-refractivity contribution >= 4 is 33.6 Å². The second-order valence-corrected chi connectivity index (χ2v) is 7.13. The molecule has 0 radical (unpaired) electrons. The van der Waals surface area contributed by atoms with Crippen molar-refractivity contribution in [1.82, 2.24) is 5.32 Å². The number of urea groups is 1. The summed E-state index contributed by atoms with van der Waals surface area (Å²) >= 11 is 0. The smallest absolute Gasteiger partial charge is 0.338 e. The molecule has 0 saturated heterocycles. The first-order chi connectivity index (χ1) is 11.0. The zero-order valence-corrected chi connectivity index (χ0v) is 14.2. The highest BCUT2D eigenvalue weighted by Gasteiger charge is 2.28. The first-order valence-corrected chi connectivity index (χ1v) is 8.78. The van der Waals surface area contributed by atoms with Crippen molar-refractivity contribution in [2.45, 2.75) is 20.0 Å². The number of hydrogen-bond acceptors (Lipinski definition) is 6. The van der Waals surface area contributed by atoms with Gasteiger partial charge in [0.15, 0.2) is 6.10 Å².